The highest BCUT2D eigenvalue weighted by atomic mass is 16.5. The first-order valence-electron chi connectivity index (χ1n) is 9.23. The summed E-state index contributed by atoms with van der Waals surface area (Å²) in [6, 6.07) is 6.69. The molecule has 1 aromatic rings. The van der Waals surface area contributed by atoms with E-state index < -0.39 is 5.97 Å². The average Bonchev–Trinajstić information content (AvgIpc) is 2.53. The smallest absolute Gasteiger partial charge is 0.303 e. The Labute approximate surface area is 149 Å². The topological polar surface area (TPSA) is 59.0 Å². The molecule has 2 aliphatic rings. The van der Waals surface area contributed by atoms with E-state index in [1.54, 1.807) is 0 Å². The molecule has 1 aliphatic heterocycles. The number of hydrogen-bond acceptors (Lipinski definition) is 4. The van der Waals surface area contributed by atoms with Crippen LogP contribution in [0.25, 0.3) is 0 Å². The van der Waals surface area contributed by atoms with Crippen LogP contribution in [-0.2, 0) is 16.0 Å². The summed E-state index contributed by atoms with van der Waals surface area (Å²) in [5.74, 6) is 0.168. The third-order valence-electron chi connectivity index (χ3n) is 4.89. The van der Waals surface area contributed by atoms with Crippen molar-refractivity contribution in [2.75, 3.05) is 19.7 Å². The lowest BCUT2D eigenvalue weighted by molar-refractivity contribution is -0.137. The van der Waals surface area contributed by atoms with Crippen molar-refractivity contribution in [2.45, 2.75) is 64.2 Å². The highest BCUT2D eigenvalue weighted by Crippen LogP contribution is 2.39. The fraction of sp³-hybridized carbons (Fsp3) is 0.650. The first kappa shape index (κ1) is 18.2. The fourth-order valence-corrected chi connectivity index (χ4v) is 3.89. The van der Waals surface area contributed by atoms with Crippen LogP contribution >= 0.6 is 0 Å². The van der Waals surface area contributed by atoms with Crippen LogP contribution in [0.5, 0.6) is 5.75 Å². The number of fused-ring (bicyclic) bond motifs is 3. The highest BCUT2D eigenvalue weighted by molar-refractivity contribution is 5.66. The summed E-state index contributed by atoms with van der Waals surface area (Å²) >= 11 is 0. The van der Waals surface area contributed by atoms with Gasteiger partial charge in [-0.05, 0) is 69.8 Å². The molecule has 2 atom stereocenters. The monoisotopic (exact) mass is 347 g/mol. The molecule has 138 valence electrons. The Morgan fingerprint density at radius 1 is 1.40 bits per heavy atom. The number of carbonyl (C=O) groups is 1. The molecular weight excluding hydrogens is 318 g/mol. The minimum atomic E-state index is -0.720. The molecule has 1 aromatic carbocycles. The first-order chi connectivity index (χ1) is 11.8. The highest BCUT2D eigenvalue weighted by Gasteiger charge is 2.37. The number of aliphatic carboxylic acids is 1. The van der Waals surface area contributed by atoms with Gasteiger partial charge in [0.1, 0.15) is 11.4 Å². The van der Waals surface area contributed by atoms with E-state index in [1.807, 2.05) is 0 Å². The molecule has 1 N–H and O–H groups in total. The maximum Gasteiger partial charge on any atom is 0.303 e. The molecule has 1 heterocycles. The molecule has 0 spiro atoms. The van der Waals surface area contributed by atoms with E-state index in [9.17, 15) is 4.79 Å². The van der Waals surface area contributed by atoms with Gasteiger partial charge >= 0.3 is 5.97 Å². The van der Waals surface area contributed by atoms with Crippen LogP contribution in [-0.4, -0.2) is 47.3 Å². The number of ether oxygens (including phenoxy) is 2. The van der Waals surface area contributed by atoms with Crippen molar-refractivity contribution in [3.05, 3.63) is 29.3 Å². The van der Waals surface area contributed by atoms with Crippen LogP contribution in [0.15, 0.2) is 18.2 Å². The van der Waals surface area contributed by atoms with Crippen molar-refractivity contribution in [3.8, 4) is 5.75 Å². The number of benzene rings is 1. The summed E-state index contributed by atoms with van der Waals surface area (Å²) in [4.78, 5) is 13.2. The molecule has 0 amide bonds. The number of carboxylic acids is 1. The van der Waals surface area contributed by atoms with E-state index in [-0.39, 0.29) is 18.1 Å². The van der Waals surface area contributed by atoms with Gasteiger partial charge in [-0.2, -0.15) is 0 Å². The summed E-state index contributed by atoms with van der Waals surface area (Å²) < 4.78 is 12.2. The van der Waals surface area contributed by atoms with Crippen LogP contribution < -0.4 is 4.74 Å². The Balaban J connectivity index is 1.75. The molecule has 1 aliphatic carbocycles. The van der Waals surface area contributed by atoms with E-state index in [2.05, 4.69) is 43.9 Å². The molecule has 0 saturated carbocycles. The molecule has 5 nitrogen and oxygen atoms in total. The van der Waals surface area contributed by atoms with Crippen LogP contribution in [0.2, 0.25) is 0 Å². The lowest BCUT2D eigenvalue weighted by atomic mass is 9.84. The second-order valence-electron chi connectivity index (χ2n) is 8.01. The number of morpholine rings is 1. The molecule has 0 radical (unpaired) electrons. The number of hydrogen-bond donors (Lipinski definition) is 1. The van der Waals surface area contributed by atoms with Gasteiger partial charge in [0.05, 0.1) is 12.7 Å². The Bertz CT molecular complexity index is 623. The minimum Gasteiger partial charge on any atom is -0.488 e. The molecular formula is C20H29NO4. The van der Waals surface area contributed by atoms with E-state index >= 15 is 0 Å². The Kier molecular flexibility index (Phi) is 5.35. The Morgan fingerprint density at radius 2 is 2.20 bits per heavy atom. The SMILES string of the molecule is CC(C)(C)Oc1ccc2c(c1)[C@H]1OCCN(CCCC(=O)O)[C@@H]1CC2. The molecule has 0 aromatic heterocycles. The standard InChI is InChI=1S/C20H29NO4/c1-20(2,3)25-15-8-6-14-7-9-17-19(16(14)13-15)24-12-11-21(17)10-4-5-18(22)23/h6,8,13,17,19H,4-5,7,9-12H2,1-3H3,(H,22,23)/t17-,19-/m1/s1. The third-order valence-corrected chi connectivity index (χ3v) is 4.89. The number of aryl methyl sites for hydroxylation is 1. The number of carboxylic acid groups (broad SMARTS) is 1. The van der Waals surface area contributed by atoms with E-state index in [0.717, 1.165) is 31.7 Å². The Hall–Kier alpha value is -1.59. The van der Waals surface area contributed by atoms with Crippen molar-refractivity contribution in [2.24, 2.45) is 0 Å². The quantitative estimate of drug-likeness (QED) is 0.884. The molecule has 25 heavy (non-hydrogen) atoms. The van der Waals surface area contributed by atoms with Gasteiger partial charge in [-0.3, -0.25) is 9.69 Å². The van der Waals surface area contributed by atoms with Gasteiger partial charge < -0.3 is 14.6 Å². The zero-order valence-electron chi connectivity index (χ0n) is 15.5. The van der Waals surface area contributed by atoms with Crippen molar-refractivity contribution >= 4 is 5.97 Å². The molecule has 1 saturated heterocycles. The summed E-state index contributed by atoms with van der Waals surface area (Å²) in [5.41, 5.74) is 2.36. The second-order valence-corrected chi connectivity index (χ2v) is 8.01. The summed E-state index contributed by atoms with van der Waals surface area (Å²) in [7, 11) is 0. The molecule has 0 unspecified atom stereocenters. The number of nitrogens with zero attached hydrogens (tertiary/aromatic N) is 1. The maximum atomic E-state index is 10.8. The summed E-state index contributed by atoms with van der Waals surface area (Å²) in [6.45, 7) is 8.56. The third kappa shape index (κ3) is 4.53. The van der Waals surface area contributed by atoms with Gasteiger partial charge in [0, 0.05) is 19.0 Å². The molecule has 0 bridgehead atoms. The van der Waals surface area contributed by atoms with Crippen LogP contribution in [0.3, 0.4) is 0 Å². The summed E-state index contributed by atoms with van der Waals surface area (Å²) in [5, 5.41) is 8.87. The zero-order chi connectivity index (χ0) is 18.0. The fourth-order valence-electron chi connectivity index (χ4n) is 3.89. The van der Waals surface area contributed by atoms with Gasteiger partial charge in [0.25, 0.3) is 0 Å². The molecule has 1 fully saturated rings. The summed E-state index contributed by atoms with van der Waals surface area (Å²) in [6.07, 6.45) is 3.08. The largest absolute Gasteiger partial charge is 0.488 e. The Morgan fingerprint density at radius 3 is 2.92 bits per heavy atom. The van der Waals surface area contributed by atoms with Gasteiger partial charge in [-0.1, -0.05) is 6.07 Å². The van der Waals surface area contributed by atoms with Gasteiger partial charge in [-0.15, -0.1) is 0 Å². The van der Waals surface area contributed by atoms with Crippen molar-refractivity contribution in [1.29, 1.82) is 0 Å². The van der Waals surface area contributed by atoms with E-state index in [1.165, 1.54) is 11.1 Å². The van der Waals surface area contributed by atoms with E-state index in [4.69, 9.17) is 14.6 Å². The average molecular weight is 347 g/mol. The van der Waals surface area contributed by atoms with Gasteiger partial charge in [0.2, 0.25) is 0 Å². The van der Waals surface area contributed by atoms with Crippen LogP contribution in [0.1, 0.15) is 57.3 Å². The first-order valence-corrected chi connectivity index (χ1v) is 9.23. The minimum absolute atomic E-state index is 0.0610. The molecule has 5 heteroatoms. The predicted octanol–water partition coefficient (Wildman–Crippen LogP) is 3.42. The van der Waals surface area contributed by atoms with Crippen molar-refractivity contribution in [3.63, 3.8) is 0 Å². The maximum absolute atomic E-state index is 10.8. The normalized spacial score (nSPS) is 23.6. The van der Waals surface area contributed by atoms with Crippen molar-refractivity contribution < 1.29 is 19.4 Å². The molecule has 3 rings (SSSR count). The van der Waals surface area contributed by atoms with Gasteiger partial charge in [0.15, 0.2) is 0 Å². The van der Waals surface area contributed by atoms with E-state index in [0.29, 0.717) is 19.1 Å². The second kappa shape index (κ2) is 7.34. The van der Waals surface area contributed by atoms with Crippen LogP contribution in [0, 0.1) is 0 Å². The van der Waals surface area contributed by atoms with Gasteiger partial charge in [-0.25, -0.2) is 0 Å². The predicted molar refractivity (Wildman–Crippen MR) is 96.1 cm³/mol. The lowest BCUT2D eigenvalue weighted by Gasteiger charge is -2.44. The van der Waals surface area contributed by atoms with Crippen LogP contribution in [0.4, 0.5) is 0 Å². The van der Waals surface area contributed by atoms with Crippen molar-refractivity contribution in [1.82, 2.24) is 4.90 Å². The lowest BCUT2D eigenvalue weighted by Crippen LogP contribution is -2.49. The zero-order valence-corrected chi connectivity index (χ0v) is 15.5. The number of rotatable bonds is 5.